The van der Waals surface area contributed by atoms with Crippen LogP contribution < -0.4 is 39.6 Å². The summed E-state index contributed by atoms with van der Waals surface area (Å²) in [5.74, 6) is 0.222. The second-order valence-electron chi connectivity index (χ2n) is 13.5. The van der Waals surface area contributed by atoms with Gasteiger partial charge in [-0.3, -0.25) is 4.90 Å². The van der Waals surface area contributed by atoms with Gasteiger partial charge in [-0.05, 0) is 83.9 Å². The number of carbonyl (C=O) groups is 4. The Hall–Kier alpha value is -5.35. The molecule has 0 saturated heterocycles. The number of benzene rings is 2. The molecule has 302 valence electrons. The Bertz CT molecular complexity index is 1810. The van der Waals surface area contributed by atoms with Gasteiger partial charge >= 0.3 is 24.0 Å². The Morgan fingerprint density at radius 2 is 1.33 bits per heavy atom. The summed E-state index contributed by atoms with van der Waals surface area (Å²) in [6, 6.07) is 4.09. The number of esters is 1. The minimum atomic E-state index is -1.13. The van der Waals surface area contributed by atoms with E-state index in [1.165, 1.54) is 40.4 Å². The molecule has 0 aliphatic carbocycles. The van der Waals surface area contributed by atoms with Crippen LogP contribution in [-0.4, -0.2) is 94.4 Å². The third-order valence-electron chi connectivity index (χ3n) is 8.29. The number of hydrogen-bond acceptors (Lipinski definition) is 11. The van der Waals surface area contributed by atoms with Gasteiger partial charge in [-0.25, -0.2) is 19.2 Å². The maximum atomic E-state index is 12.7. The number of allylic oxidation sites excluding steroid dienone is 2. The van der Waals surface area contributed by atoms with Gasteiger partial charge in [0.05, 0.1) is 83.1 Å². The Labute approximate surface area is 326 Å². The van der Waals surface area contributed by atoms with E-state index in [1.54, 1.807) is 58.9 Å². The molecule has 2 unspecified atom stereocenters. The number of carbonyl (C=O) groups excluding carboxylic acids is 3. The predicted octanol–water partition coefficient (Wildman–Crippen LogP) is 5.89. The number of hydrogen-bond donors (Lipinski definition) is 4. The molecule has 2 aromatic carbocycles. The van der Waals surface area contributed by atoms with Crippen molar-refractivity contribution in [1.29, 1.82) is 0 Å². The lowest BCUT2D eigenvalue weighted by atomic mass is 9.94. The minimum Gasteiger partial charge on any atom is -0.493 e. The van der Waals surface area contributed by atoms with E-state index in [2.05, 4.69) is 16.0 Å². The summed E-state index contributed by atoms with van der Waals surface area (Å²) in [4.78, 5) is 50.8. The summed E-state index contributed by atoms with van der Waals surface area (Å²) in [6.07, 6.45) is 0.0121. The SMILES string of the molecule is COc1cc(C2NC(=O)N(CCOC(C)C)C(C)=C2C(=O)O)cc(OC)c1OC.COc1cc(C2NC(=O)NC(C)=C2C(=O)OC(C)(C)C)cc(Cl)c1OC. The number of amides is 4. The minimum absolute atomic E-state index is 0.0121. The topological polar surface area (TPSA) is 192 Å². The zero-order chi connectivity index (χ0) is 41.4. The van der Waals surface area contributed by atoms with Gasteiger partial charge in [0.2, 0.25) is 5.75 Å². The molecule has 0 radical (unpaired) electrons. The van der Waals surface area contributed by atoms with Crippen molar-refractivity contribution in [3.8, 4) is 28.7 Å². The zero-order valence-electron chi connectivity index (χ0n) is 33.2. The first-order valence-electron chi connectivity index (χ1n) is 17.2. The van der Waals surface area contributed by atoms with E-state index in [0.29, 0.717) is 68.5 Å². The lowest BCUT2D eigenvalue weighted by molar-refractivity contribution is -0.150. The molecular weight excluding hydrogens is 740 g/mol. The van der Waals surface area contributed by atoms with Crippen molar-refractivity contribution in [2.45, 2.75) is 72.3 Å². The van der Waals surface area contributed by atoms with Crippen molar-refractivity contribution in [3.63, 3.8) is 0 Å². The zero-order valence-corrected chi connectivity index (χ0v) is 34.0. The molecule has 0 aromatic heterocycles. The Morgan fingerprint density at radius 1 is 0.818 bits per heavy atom. The normalized spacial score (nSPS) is 17.0. The van der Waals surface area contributed by atoms with E-state index in [9.17, 15) is 24.3 Å². The summed E-state index contributed by atoms with van der Waals surface area (Å²) < 4.78 is 37.5. The average molecular weight is 791 g/mol. The summed E-state index contributed by atoms with van der Waals surface area (Å²) in [5.41, 5.74) is 1.52. The van der Waals surface area contributed by atoms with Crippen LogP contribution in [0.3, 0.4) is 0 Å². The number of ether oxygens (including phenoxy) is 7. The molecule has 4 amide bonds. The van der Waals surface area contributed by atoms with E-state index in [-0.39, 0.29) is 18.2 Å². The van der Waals surface area contributed by atoms with Crippen LogP contribution in [0, 0.1) is 0 Å². The monoisotopic (exact) mass is 790 g/mol. The molecule has 0 fully saturated rings. The third-order valence-corrected chi connectivity index (χ3v) is 8.57. The number of rotatable bonds is 13. The molecule has 2 atom stereocenters. The van der Waals surface area contributed by atoms with Crippen LogP contribution in [0.15, 0.2) is 46.8 Å². The smallest absolute Gasteiger partial charge is 0.338 e. The maximum absolute atomic E-state index is 12.7. The maximum Gasteiger partial charge on any atom is 0.338 e. The fraction of sp³-hybridized carbons (Fsp3) is 0.474. The number of nitrogens with one attached hydrogen (secondary N) is 3. The van der Waals surface area contributed by atoms with E-state index in [0.717, 1.165) is 0 Å². The highest BCUT2D eigenvalue weighted by atomic mass is 35.5. The van der Waals surface area contributed by atoms with Gasteiger partial charge in [-0.2, -0.15) is 0 Å². The van der Waals surface area contributed by atoms with Crippen molar-refractivity contribution in [2.24, 2.45) is 0 Å². The van der Waals surface area contributed by atoms with Gasteiger partial charge in [0, 0.05) is 11.4 Å². The number of carboxylic acid groups (broad SMARTS) is 1. The number of halogens is 1. The van der Waals surface area contributed by atoms with Gasteiger partial charge in [0.1, 0.15) is 5.60 Å². The number of nitrogens with zero attached hydrogens (tertiary/aromatic N) is 1. The first-order chi connectivity index (χ1) is 25.8. The van der Waals surface area contributed by atoms with Crippen molar-refractivity contribution in [2.75, 3.05) is 48.7 Å². The molecule has 2 heterocycles. The van der Waals surface area contributed by atoms with E-state index >= 15 is 0 Å². The van der Waals surface area contributed by atoms with E-state index < -0.39 is 41.7 Å². The highest BCUT2D eigenvalue weighted by Gasteiger charge is 2.37. The molecule has 0 spiro atoms. The number of urea groups is 2. The third kappa shape index (κ3) is 10.7. The standard InChI is InChI=1S/C20H28N2O7.C18H23ClN2O5/c1-11(2)29-8-7-22-12(3)16(19(23)24)17(21-20(22)25)13-9-14(26-4)18(28-6)15(10-13)27-5;1-9-13(16(22)26-18(2,3)4)14(21-17(23)20-9)10-7-11(19)15(25-6)12(8-10)24-5/h9-11,17H,7-8H2,1-6H3,(H,21,25)(H,23,24);7-8,14H,1-6H3,(H2,20,21,23). The van der Waals surface area contributed by atoms with Crippen LogP contribution >= 0.6 is 11.6 Å². The van der Waals surface area contributed by atoms with Crippen LogP contribution in [-0.2, 0) is 19.1 Å². The molecule has 2 aromatic rings. The first-order valence-corrected chi connectivity index (χ1v) is 17.6. The van der Waals surface area contributed by atoms with Crippen molar-refractivity contribution >= 4 is 35.6 Å². The average Bonchev–Trinajstić information content (AvgIpc) is 3.10. The summed E-state index contributed by atoms with van der Waals surface area (Å²) in [5, 5.41) is 18.3. The Balaban J connectivity index is 0.000000297. The second-order valence-corrected chi connectivity index (χ2v) is 13.9. The molecule has 0 bridgehead atoms. The van der Waals surface area contributed by atoms with Gasteiger partial charge in [0.25, 0.3) is 0 Å². The Kier molecular flexibility index (Phi) is 15.1. The van der Waals surface area contributed by atoms with Crippen molar-refractivity contribution in [3.05, 3.63) is 63.0 Å². The molecule has 55 heavy (non-hydrogen) atoms. The lowest BCUT2D eigenvalue weighted by Gasteiger charge is -2.35. The molecule has 4 N–H and O–H groups in total. The molecule has 16 nitrogen and oxygen atoms in total. The largest absolute Gasteiger partial charge is 0.493 e. The fourth-order valence-electron chi connectivity index (χ4n) is 5.88. The summed E-state index contributed by atoms with van der Waals surface area (Å²) in [6.45, 7) is 12.9. The van der Waals surface area contributed by atoms with Gasteiger partial charge in [0.15, 0.2) is 23.0 Å². The van der Waals surface area contributed by atoms with Crippen LogP contribution in [0.25, 0.3) is 0 Å². The number of carboxylic acids is 1. The van der Waals surface area contributed by atoms with Crippen LogP contribution in [0.2, 0.25) is 5.02 Å². The highest BCUT2D eigenvalue weighted by molar-refractivity contribution is 6.32. The highest BCUT2D eigenvalue weighted by Crippen LogP contribution is 2.43. The molecule has 0 saturated carbocycles. The summed E-state index contributed by atoms with van der Waals surface area (Å²) >= 11 is 6.27. The van der Waals surface area contributed by atoms with E-state index in [4.69, 9.17) is 44.8 Å². The van der Waals surface area contributed by atoms with Gasteiger partial charge in [-0.1, -0.05) is 11.6 Å². The van der Waals surface area contributed by atoms with Crippen LogP contribution in [0.5, 0.6) is 28.7 Å². The van der Waals surface area contributed by atoms with Crippen LogP contribution in [0.1, 0.15) is 71.7 Å². The van der Waals surface area contributed by atoms with Crippen molar-refractivity contribution < 1.29 is 57.4 Å². The van der Waals surface area contributed by atoms with E-state index in [1.807, 2.05) is 13.8 Å². The molecular formula is C38H51ClN4O12. The molecule has 2 aliphatic rings. The first kappa shape index (κ1) is 44.0. The number of methoxy groups -OCH3 is 5. The predicted molar refractivity (Wildman–Crippen MR) is 203 cm³/mol. The van der Waals surface area contributed by atoms with Crippen molar-refractivity contribution in [1.82, 2.24) is 20.9 Å². The molecule has 4 rings (SSSR count). The van der Waals surface area contributed by atoms with Crippen LogP contribution in [0.4, 0.5) is 9.59 Å². The second kappa shape index (κ2) is 18.8. The Morgan fingerprint density at radius 3 is 1.80 bits per heavy atom. The van der Waals surface area contributed by atoms with Gasteiger partial charge in [-0.15, -0.1) is 0 Å². The van der Waals surface area contributed by atoms with Gasteiger partial charge < -0.3 is 54.2 Å². The quantitative estimate of drug-likeness (QED) is 0.176. The lowest BCUT2D eigenvalue weighted by Crippen LogP contribution is -2.48. The fourth-order valence-corrected chi connectivity index (χ4v) is 6.17. The number of aliphatic carboxylic acids is 1. The molecule has 2 aliphatic heterocycles. The molecule has 17 heteroatoms. The summed E-state index contributed by atoms with van der Waals surface area (Å²) in [7, 11) is 7.37.